The Morgan fingerprint density at radius 2 is 2.00 bits per heavy atom. The van der Waals surface area contributed by atoms with Crippen LogP contribution in [0.4, 0.5) is 10.5 Å². The van der Waals surface area contributed by atoms with Gasteiger partial charge >= 0.3 is 6.03 Å². The number of nitrogens with zero attached hydrogens (tertiary/aromatic N) is 2. The maximum Gasteiger partial charge on any atom is 0.319 e. The van der Waals surface area contributed by atoms with E-state index in [4.69, 9.17) is 16.0 Å². The highest BCUT2D eigenvalue weighted by Gasteiger charge is 2.44. The highest BCUT2D eigenvalue weighted by atomic mass is 35.5. The molecule has 35 heavy (non-hydrogen) atoms. The van der Waals surface area contributed by atoms with E-state index in [1.54, 1.807) is 24.1 Å². The van der Waals surface area contributed by atoms with Crippen molar-refractivity contribution in [1.29, 1.82) is 0 Å². The molecule has 180 valence electrons. The number of fused-ring (bicyclic) bond motifs is 5. The summed E-state index contributed by atoms with van der Waals surface area (Å²) in [6.45, 7) is 2.33. The molecular weight excluding hydrogens is 466 g/mol. The van der Waals surface area contributed by atoms with Gasteiger partial charge in [-0.15, -0.1) is 0 Å². The van der Waals surface area contributed by atoms with E-state index in [1.165, 1.54) is 0 Å². The largest absolute Gasteiger partial charge is 0.450 e. The molecule has 0 saturated heterocycles. The molecule has 0 bridgehead atoms. The Kier molecular flexibility index (Phi) is 5.03. The number of H-pyrrole nitrogens is 1. The normalized spacial score (nSPS) is 16.8. The van der Waals surface area contributed by atoms with Gasteiger partial charge in [0.15, 0.2) is 5.76 Å². The van der Waals surface area contributed by atoms with Crippen LogP contribution in [0.3, 0.4) is 0 Å². The van der Waals surface area contributed by atoms with E-state index in [-0.39, 0.29) is 17.7 Å². The number of aromatic nitrogens is 2. The fourth-order valence-corrected chi connectivity index (χ4v) is 5.78. The lowest BCUT2D eigenvalue weighted by Crippen LogP contribution is -2.52. The Morgan fingerprint density at radius 1 is 1.20 bits per heavy atom. The summed E-state index contributed by atoms with van der Waals surface area (Å²) in [4.78, 5) is 35.3. The molecule has 1 aliphatic carbocycles. The molecule has 0 unspecified atom stereocenters. The maximum atomic E-state index is 13.3. The third-order valence-electron chi connectivity index (χ3n) is 7.17. The number of carbonyl (C=O) groups excluding carboxylic acids is 2. The monoisotopic (exact) mass is 491 g/mol. The van der Waals surface area contributed by atoms with Gasteiger partial charge in [-0.3, -0.25) is 4.79 Å². The summed E-state index contributed by atoms with van der Waals surface area (Å²) in [5, 5.41) is 7.18. The number of aryl methyl sites for hydroxylation is 1. The number of imidazole rings is 1. The molecule has 4 aromatic rings. The molecular formula is C26H26ClN5O3. The van der Waals surface area contributed by atoms with Gasteiger partial charge in [-0.05, 0) is 49.6 Å². The molecule has 3 amide bonds. The van der Waals surface area contributed by atoms with E-state index in [0.29, 0.717) is 28.7 Å². The van der Waals surface area contributed by atoms with Crippen LogP contribution in [0.15, 0.2) is 34.7 Å². The van der Waals surface area contributed by atoms with E-state index in [9.17, 15) is 9.59 Å². The van der Waals surface area contributed by atoms with Crippen molar-refractivity contribution in [2.24, 2.45) is 0 Å². The van der Waals surface area contributed by atoms with Crippen LogP contribution in [-0.4, -0.2) is 33.9 Å². The second-order valence-corrected chi connectivity index (χ2v) is 10.1. The lowest BCUT2D eigenvalue weighted by molar-refractivity contribution is 0.0752. The fraction of sp³-hybridized carbons (Fsp3) is 0.346. The van der Waals surface area contributed by atoms with E-state index < -0.39 is 5.54 Å². The van der Waals surface area contributed by atoms with E-state index >= 15 is 0 Å². The van der Waals surface area contributed by atoms with Crippen LogP contribution in [0.25, 0.3) is 22.0 Å². The number of aromatic amines is 1. The standard InChI is InChI=1S/C26H26ClN5O3/c1-14-6-7-17-18(10-14)29-20(28-17)13-32(2)24(33)19-12-15-11-16(27)22-21(23(15)35-19)26(31-25(34)30-22)8-4-3-5-9-26/h6-7,10-12H,3-5,8-9,13H2,1-2H3,(H,28,29)(H2,30,31,34). The molecule has 9 heteroatoms. The van der Waals surface area contributed by atoms with Gasteiger partial charge in [0.2, 0.25) is 0 Å². The van der Waals surface area contributed by atoms with E-state index in [1.807, 2.05) is 25.1 Å². The van der Waals surface area contributed by atoms with Crippen LogP contribution < -0.4 is 10.6 Å². The quantitative estimate of drug-likeness (QED) is 0.335. The van der Waals surface area contributed by atoms with Crippen LogP contribution in [-0.2, 0) is 12.1 Å². The molecule has 1 aliphatic heterocycles. The van der Waals surface area contributed by atoms with Crippen molar-refractivity contribution >= 4 is 51.2 Å². The number of rotatable bonds is 3. The van der Waals surface area contributed by atoms with Crippen LogP contribution >= 0.6 is 11.6 Å². The minimum Gasteiger partial charge on any atom is -0.450 e. The second-order valence-electron chi connectivity index (χ2n) is 9.72. The van der Waals surface area contributed by atoms with Crippen LogP contribution in [0, 0.1) is 6.92 Å². The number of nitrogens with one attached hydrogen (secondary N) is 3. The first-order valence-corrected chi connectivity index (χ1v) is 12.3. The Balaban J connectivity index is 1.36. The first-order valence-electron chi connectivity index (χ1n) is 11.9. The predicted molar refractivity (Wildman–Crippen MR) is 135 cm³/mol. The fourth-order valence-electron chi connectivity index (χ4n) is 5.52. The molecule has 0 radical (unpaired) electrons. The smallest absolute Gasteiger partial charge is 0.319 e. The topological polar surface area (TPSA) is 103 Å². The number of halogens is 1. The molecule has 8 nitrogen and oxygen atoms in total. The molecule has 2 aromatic heterocycles. The molecule has 3 N–H and O–H groups in total. The molecule has 2 aromatic carbocycles. The van der Waals surface area contributed by atoms with Crippen LogP contribution in [0.2, 0.25) is 5.02 Å². The third kappa shape index (κ3) is 3.63. The van der Waals surface area contributed by atoms with Gasteiger partial charge in [-0.2, -0.15) is 0 Å². The number of urea groups is 1. The number of carbonyl (C=O) groups is 2. The molecule has 0 atom stereocenters. The van der Waals surface area contributed by atoms with Crippen molar-refractivity contribution in [2.45, 2.75) is 51.1 Å². The lowest BCUT2D eigenvalue weighted by Gasteiger charge is -2.42. The van der Waals surface area contributed by atoms with Gasteiger partial charge in [0.25, 0.3) is 5.91 Å². The van der Waals surface area contributed by atoms with E-state index in [2.05, 4.69) is 20.6 Å². The first kappa shape index (κ1) is 22.0. The maximum absolute atomic E-state index is 13.3. The van der Waals surface area contributed by atoms with Crippen molar-refractivity contribution in [3.05, 3.63) is 58.1 Å². The number of hydrogen-bond acceptors (Lipinski definition) is 4. The molecule has 1 spiro atoms. The Bertz CT molecular complexity index is 1500. The summed E-state index contributed by atoms with van der Waals surface area (Å²) in [6, 6.07) is 9.24. The van der Waals surface area contributed by atoms with Gasteiger partial charge in [0.1, 0.15) is 11.4 Å². The van der Waals surface area contributed by atoms with Crippen molar-refractivity contribution in [2.75, 3.05) is 12.4 Å². The van der Waals surface area contributed by atoms with Gasteiger partial charge in [-0.25, -0.2) is 9.78 Å². The molecule has 1 saturated carbocycles. The lowest BCUT2D eigenvalue weighted by atomic mass is 9.74. The minimum atomic E-state index is -0.546. The SMILES string of the molecule is Cc1ccc2[nH]c(CN(C)C(=O)c3cc4cc(Cl)c5c(c4o3)C3(CCCCC3)NC(=O)N5)nc2c1. The minimum absolute atomic E-state index is 0.224. The van der Waals surface area contributed by atoms with Crippen molar-refractivity contribution in [1.82, 2.24) is 20.2 Å². The van der Waals surface area contributed by atoms with Crippen LogP contribution in [0.5, 0.6) is 0 Å². The molecule has 6 rings (SSSR count). The second kappa shape index (κ2) is 8.02. The zero-order valence-electron chi connectivity index (χ0n) is 19.6. The summed E-state index contributed by atoms with van der Waals surface area (Å²) in [5.41, 5.74) is 4.40. The number of anilines is 1. The van der Waals surface area contributed by atoms with Crippen molar-refractivity contribution in [3.8, 4) is 0 Å². The summed E-state index contributed by atoms with van der Waals surface area (Å²) < 4.78 is 6.21. The highest BCUT2D eigenvalue weighted by molar-refractivity contribution is 6.35. The predicted octanol–water partition coefficient (Wildman–Crippen LogP) is 5.84. The average molecular weight is 492 g/mol. The summed E-state index contributed by atoms with van der Waals surface area (Å²) in [7, 11) is 1.72. The highest BCUT2D eigenvalue weighted by Crippen LogP contribution is 2.49. The number of hydrogen-bond donors (Lipinski definition) is 3. The Labute approximate surface area is 207 Å². The van der Waals surface area contributed by atoms with E-state index in [0.717, 1.165) is 59.7 Å². The number of benzene rings is 2. The number of furan rings is 1. The summed E-state index contributed by atoms with van der Waals surface area (Å²) >= 11 is 6.61. The summed E-state index contributed by atoms with van der Waals surface area (Å²) in [5.74, 6) is 0.668. The van der Waals surface area contributed by atoms with Gasteiger partial charge in [0.05, 0.1) is 33.8 Å². The average Bonchev–Trinajstić information content (AvgIpc) is 3.42. The number of amides is 3. The van der Waals surface area contributed by atoms with Gasteiger partial charge < -0.3 is 24.9 Å². The zero-order valence-corrected chi connectivity index (χ0v) is 20.4. The third-order valence-corrected chi connectivity index (χ3v) is 7.47. The molecule has 1 fully saturated rings. The van der Waals surface area contributed by atoms with Gasteiger partial charge in [0, 0.05) is 18.0 Å². The molecule has 2 aliphatic rings. The van der Waals surface area contributed by atoms with Crippen LogP contribution in [0.1, 0.15) is 59.6 Å². The van der Waals surface area contributed by atoms with Crippen molar-refractivity contribution in [3.63, 3.8) is 0 Å². The zero-order chi connectivity index (χ0) is 24.3. The van der Waals surface area contributed by atoms with Crippen molar-refractivity contribution < 1.29 is 14.0 Å². The Morgan fingerprint density at radius 3 is 2.80 bits per heavy atom. The Hall–Kier alpha value is -3.52. The first-order chi connectivity index (χ1) is 16.8. The van der Waals surface area contributed by atoms with Gasteiger partial charge in [-0.1, -0.05) is 36.9 Å². The summed E-state index contributed by atoms with van der Waals surface area (Å²) in [6.07, 6.45) is 4.73. The molecule has 3 heterocycles.